The molecule has 3 atom stereocenters. The number of benzene rings is 1. The average molecular weight is 327 g/mol. The first kappa shape index (κ1) is 19.1. The summed E-state index contributed by atoms with van der Waals surface area (Å²) in [4.78, 5) is 0. The van der Waals surface area contributed by atoms with E-state index in [2.05, 4.69) is 20.8 Å². The molecule has 0 saturated heterocycles. The maximum Gasteiger partial charge on any atom is 0.205 e. The van der Waals surface area contributed by atoms with E-state index in [1.807, 2.05) is 20.0 Å². The Kier molecular flexibility index (Phi) is 6.59. The molecule has 0 aliphatic carbocycles. The number of aliphatic hydroxyl groups excluding tert-OH is 1. The van der Waals surface area contributed by atoms with Gasteiger partial charge in [-0.2, -0.15) is 0 Å². The van der Waals surface area contributed by atoms with Crippen LogP contribution in [0, 0.1) is 17.2 Å². The molecule has 0 amide bonds. The SMILES string of the molecule is C[C@H]([C@@H](O)CC(O[Si](C)C)c1ccc(F)cc1O)C(C)(C)C. The molecule has 0 saturated carbocycles. The van der Waals surface area contributed by atoms with Crippen molar-refractivity contribution in [3.05, 3.63) is 29.6 Å². The van der Waals surface area contributed by atoms with Crippen molar-refractivity contribution in [3.63, 3.8) is 0 Å². The molecular formula is C17H28FO3Si. The largest absolute Gasteiger partial charge is 0.507 e. The smallest absolute Gasteiger partial charge is 0.205 e. The van der Waals surface area contributed by atoms with Crippen LogP contribution in [-0.4, -0.2) is 25.4 Å². The van der Waals surface area contributed by atoms with E-state index in [9.17, 15) is 14.6 Å². The summed E-state index contributed by atoms with van der Waals surface area (Å²) in [5.74, 6) is -0.531. The molecule has 0 heterocycles. The van der Waals surface area contributed by atoms with E-state index >= 15 is 0 Å². The fourth-order valence-electron chi connectivity index (χ4n) is 2.31. The first-order valence-electron chi connectivity index (χ1n) is 7.65. The second-order valence-electron chi connectivity index (χ2n) is 7.18. The highest BCUT2D eigenvalue weighted by molar-refractivity contribution is 6.48. The minimum absolute atomic E-state index is 0.0268. The van der Waals surface area contributed by atoms with E-state index in [1.165, 1.54) is 12.1 Å². The highest BCUT2D eigenvalue weighted by atomic mass is 28.3. The number of aromatic hydroxyl groups is 1. The molecule has 0 aliphatic rings. The predicted octanol–water partition coefficient (Wildman–Crippen LogP) is 4.27. The molecule has 0 bridgehead atoms. The predicted molar refractivity (Wildman–Crippen MR) is 88.6 cm³/mol. The maximum atomic E-state index is 13.2. The average Bonchev–Trinajstić information content (AvgIpc) is 2.35. The Morgan fingerprint density at radius 2 is 1.86 bits per heavy atom. The molecule has 1 rings (SSSR count). The molecule has 0 aromatic heterocycles. The number of rotatable bonds is 6. The van der Waals surface area contributed by atoms with Crippen molar-refractivity contribution in [1.29, 1.82) is 0 Å². The summed E-state index contributed by atoms with van der Waals surface area (Å²) in [5, 5.41) is 20.5. The van der Waals surface area contributed by atoms with Crippen molar-refractivity contribution in [2.75, 3.05) is 0 Å². The molecule has 22 heavy (non-hydrogen) atoms. The van der Waals surface area contributed by atoms with Gasteiger partial charge in [0.1, 0.15) is 11.6 Å². The number of aliphatic hydroxyl groups is 1. The number of phenolic OH excluding ortho intramolecular Hbond substituents is 1. The van der Waals surface area contributed by atoms with Crippen LogP contribution in [0.15, 0.2) is 18.2 Å². The zero-order valence-electron chi connectivity index (χ0n) is 14.4. The zero-order valence-corrected chi connectivity index (χ0v) is 15.4. The van der Waals surface area contributed by atoms with Crippen molar-refractivity contribution in [2.24, 2.45) is 11.3 Å². The van der Waals surface area contributed by atoms with Gasteiger partial charge in [0.15, 0.2) is 0 Å². The Labute approximate surface area is 134 Å². The van der Waals surface area contributed by atoms with Crippen LogP contribution in [0.3, 0.4) is 0 Å². The van der Waals surface area contributed by atoms with Gasteiger partial charge in [-0.3, -0.25) is 0 Å². The van der Waals surface area contributed by atoms with Crippen molar-refractivity contribution in [3.8, 4) is 5.75 Å². The summed E-state index contributed by atoms with van der Waals surface area (Å²) < 4.78 is 19.1. The van der Waals surface area contributed by atoms with Crippen LogP contribution >= 0.6 is 0 Å². The van der Waals surface area contributed by atoms with Gasteiger partial charge in [-0.1, -0.05) is 27.7 Å². The van der Waals surface area contributed by atoms with Gasteiger partial charge >= 0.3 is 0 Å². The van der Waals surface area contributed by atoms with Crippen molar-refractivity contribution < 1.29 is 19.0 Å². The summed E-state index contributed by atoms with van der Waals surface area (Å²) in [6, 6.07) is 3.93. The van der Waals surface area contributed by atoms with Crippen molar-refractivity contribution in [1.82, 2.24) is 0 Å². The minimum Gasteiger partial charge on any atom is -0.507 e. The molecule has 125 valence electrons. The van der Waals surface area contributed by atoms with Gasteiger partial charge in [0, 0.05) is 18.1 Å². The standard InChI is InChI=1S/C17H28FO3Si/c1-11(17(2,3)4)14(19)10-16(21-22(5)6)13-8-7-12(18)9-15(13)20/h7-9,11,14,16,19-20H,10H2,1-6H3/t11-,14+,16?/m1/s1. The molecule has 2 N–H and O–H groups in total. The van der Waals surface area contributed by atoms with Crippen LogP contribution < -0.4 is 0 Å². The summed E-state index contributed by atoms with van der Waals surface area (Å²) in [6.07, 6.45) is -0.604. The van der Waals surface area contributed by atoms with Crippen LogP contribution in [0.25, 0.3) is 0 Å². The third-order valence-corrected chi connectivity index (χ3v) is 4.87. The summed E-state index contributed by atoms with van der Waals surface area (Å²) in [6.45, 7) is 12.3. The lowest BCUT2D eigenvalue weighted by Crippen LogP contribution is -2.32. The van der Waals surface area contributed by atoms with E-state index in [1.54, 1.807) is 0 Å². The molecule has 5 heteroatoms. The summed E-state index contributed by atoms with van der Waals surface area (Å²) >= 11 is 0. The Bertz CT molecular complexity index is 485. The monoisotopic (exact) mass is 327 g/mol. The number of halogens is 1. The van der Waals surface area contributed by atoms with Crippen LogP contribution in [-0.2, 0) is 4.43 Å². The fraction of sp³-hybridized carbons (Fsp3) is 0.647. The molecule has 1 aromatic rings. The molecule has 1 radical (unpaired) electrons. The van der Waals surface area contributed by atoms with E-state index in [4.69, 9.17) is 4.43 Å². The highest BCUT2D eigenvalue weighted by Crippen LogP contribution is 2.36. The van der Waals surface area contributed by atoms with E-state index in [-0.39, 0.29) is 17.1 Å². The highest BCUT2D eigenvalue weighted by Gasteiger charge is 2.30. The Balaban J connectivity index is 2.98. The first-order chi connectivity index (χ1) is 10.0. The van der Waals surface area contributed by atoms with Crippen LogP contribution in [0.4, 0.5) is 4.39 Å². The van der Waals surface area contributed by atoms with Gasteiger partial charge in [-0.25, -0.2) is 4.39 Å². The molecule has 0 aliphatic heterocycles. The topological polar surface area (TPSA) is 49.7 Å². The lowest BCUT2D eigenvalue weighted by Gasteiger charge is -2.34. The first-order valence-corrected chi connectivity index (χ1v) is 10.1. The fourth-order valence-corrected chi connectivity index (χ4v) is 3.11. The molecule has 1 unspecified atom stereocenters. The van der Waals surface area contributed by atoms with Gasteiger partial charge in [-0.05, 0) is 36.6 Å². The van der Waals surface area contributed by atoms with Crippen molar-refractivity contribution in [2.45, 2.75) is 59.4 Å². The maximum absolute atomic E-state index is 13.2. The molecule has 1 aromatic carbocycles. The Morgan fingerprint density at radius 1 is 1.27 bits per heavy atom. The Morgan fingerprint density at radius 3 is 2.32 bits per heavy atom. The summed E-state index contributed by atoms with van der Waals surface area (Å²) in [7, 11) is -1.03. The van der Waals surface area contributed by atoms with Gasteiger partial charge in [0.25, 0.3) is 0 Å². The second kappa shape index (κ2) is 7.57. The van der Waals surface area contributed by atoms with E-state index in [0.717, 1.165) is 6.07 Å². The third-order valence-electron chi connectivity index (χ3n) is 4.12. The second-order valence-corrected chi connectivity index (χ2v) is 9.23. The molecule has 0 fully saturated rings. The van der Waals surface area contributed by atoms with E-state index in [0.29, 0.717) is 12.0 Å². The lowest BCUT2D eigenvalue weighted by molar-refractivity contribution is 0.0167. The zero-order chi connectivity index (χ0) is 17.1. The van der Waals surface area contributed by atoms with Crippen molar-refractivity contribution >= 4 is 9.04 Å². The van der Waals surface area contributed by atoms with Crippen LogP contribution in [0.2, 0.25) is 13.1 Å². The number of phenols is 1. The lowest BCUT2D eigenvalue weighted by atomic mass is 9.77. The van der Waals surface area contributed by atoms with E-state index < -0.39 is 27.1 Å². The van der Waals surface area contributed by atoms with Gasteiger partial charge in [0.2, 0.25) is 9.04 Å². The van der Waals surface area contributed by atoms with Crippen LogP contribution in [0.5, 0.6) is 5.75 Å². The quantitative estimate of drug-likeness (QED) is 0.767. The van der Waals surface area contributed by atoms with Gasteiger partial charge in [0.05, 0.1) is 12.2 Å². The number of hydrogen-bond acceptors (Lipinski definition) is 3. The Hall–Kier alpha value is -0.913. The van der Waals surface area contributed by atoms with Gasteiger partial charge in [-0.15, -0.1) is 0 Å². The molecule has 0 spiro atoms. The molecular weight excluding hydrogens is 299 g/mol. The van der Waals surface area contributed by atoms with Gasteiger partial charge < -0.3 is 14.6 Å². The molecule has 3 nitrogen and oxygen atoms in total. The van der Waals surface area contributed by atoms with Crippen LogP contribution in [0.1, 0.15) is 45.8 Å². The summed E-state index contributed by atoms with van der Waals surface area (Å²) in [5.41, 5.74) is 0.508. The third kappa shape index (κ3) is 5.37. The number of hydrogen-bond donors (Lipinski definition) is 2. The minimum atomic E-state index is -1.03. The normalized spacial score (nSPS) is 16.6.